The normalized spacial score (nSPS) is 16.7. The molecule has 3 rings (SSSR count). The monoisotopic (exact) mass is 366 g/mol. The van der Waals surface area contributed by atoms with E-state index in [-0.39, 0.29) is 24.1 Å². The Morgan fingerprint density at radius 1 is 1.19 bits per heavy atom. The standard InChI is InChI=1S/C22H23FN2O2/c1-13(2)16-5-4-14(3)20(10-16)25-22(27)19-12-24-21(26)11-18(19)15-6-8-17(23)9-7-15/h4-10,12-13,18H,11H2,1-3H3,(H,24,26)(H,25,27)/t18-/m1/s1. The van der Waals surface area contributed by atoms with Gasteiger partial charge in [0, 0.05) is 29.8 Å². The molecule has 0 unspecified atom stereocenters. The molecule has 2 amide bonds. The first-order chi connectivity index (χ1) is 12.8. The molecule has 1 atom stereocenters. The Balaban J connectivity index is 1.89. The summed E-state index contributed by atoms with van der Waals surface area (Å²) >= 11 is 0. The number of rotatable bonds is 4. The van der Waals surface area contributed by atoms with Crippen LogP contribution in [0.1, 0.15) is 48.8 Å². The highest BCUT2D eigenvalue weighted by atomic mass is 19.1. The van der Waals surface area contributed by atoms with Gasteiger partial charge < -0.3 is 10.6 Å². The zero-order valence-electron chi connectivity index (χ0n) is 15.7. The molecule has 0 fully saturated rings. The molecule has 2 N–H and O–H groups in total. The lowest BCUT2D eigenvalue weighted by molar-refractivity contribution is -0.121. The molecule has 1 aliphatic heterocycles. The summed E-state index contributed by atoms with van der Waals surface area (Å²) in [6.45, 7) is 6.13. The van der Waals surface area contributed by atoms with Gasteiger partial charge in [-0.3, -0.25) is 9.59 Å². The lowest BCUT2D eigenvalue weighted by atomic mass is 9.86. The van der Waals surface area contributed by atoms with E-state index in [0.717, 1.165) is 22.4 Å². The highest BCUT2D eigenvalue weighted by Gasteiger charge is 2.29. The number of anilines is 1. The first kappa shape index (κ1) is 18.8. The summed E-state index contributed by atoms with van der Waals surface area (Å²) in [7, 11) is 0. The van der Waals surface area contributed by atoms with Crippen LogP contribution in [0.2, 0.25) is 0 Å². The summed E-state index contributed by atoms with van der Waals surface area (Å²) in [5.41, 5.74) is 4.04. The summed E-state index contributed by atoms with van der Waals surface area (Å²) in [4.78, 5) is 24.8. The Hall–Kier alpha value is -2.95. The maximum Gasteiger partial charge on any atom is 0.253 e. The van der Waals surface area contributed by atoms with Gasteiger partial charge in [0.15, 0.2) is 0 Å². The largest absolute Gasteiger partial charge is 0.332 e. The zero-order chi connectivity index (χ0) is 19.6. The number of benzene rings is 2. The summed E-state index contributed by atoms with van der Waals surface area (Å²) in [6.07, 6.45) is 1.60. The van der Waals surface area contributed by atoms with Gasteiger partial charge in [-0.1, -0.05) is 38.1 Å². The molecule has 2 aromatic rings. The minimum Gasteiger partial charge on any atom is -0.332 e. The second-order valence-electron chi connectivity index (χ2n) is 7.16. The Kier molecular flexibility index (Phi) is 5.40. The van der Waals surface area contributed by atoms with Crippen molar-refractivity contribution < 1.29 is 14.0 Å². The molecule has 0 saturated heterocycles. The Morgan fingerprint density at radius 3 is 2.56 bits per heavy atom. The van der Waals surface area contributed by atoms with Gasteiger partial charge in [-0.15, -0.1) is 0 Å². The second kappa shape index (κ2) is 7.74. The maximum absolute atomic E-state index is 13.2. The maximum atomic E-state index is 13.2. The molecule has 0 bridgehead atoms. The predicted octanol–water partition coefficient (Wildman–Crippen LogP) is 4.38. The topological polar surface area (TPSA) is 58.2 Å². The van der Waals surface area contributed by atoms with E-state index in [9.17, 15) is 14.0 Å². The zero-order valence-corrected chi connectivity index (χ0v) is 15.7. The van der Waals surface area contributed by atoms with Crippen LogP contribution in [0.4, 0.5) is 10.1 Å². The van der Waals surface area contributed by atoms with E-state index in [1.165, 1.54) is 18.3 Å². The molecule has 0 aromatic heterocycles. The van der Waals surface area contributed by atoms with Crippen LogP contribution in [-0.4, -0.2) is 11.8 Å². The summed E-state index contributed by atoms with van der Waals surface area (Å²) in [6, 6.07) is 11.9. The highest BCUT2D eigenvalue weighted by molar-refractivity contribution is 6.06. The minimum absolute atomic E-state index is 0.149. The number of aryl methyl sites for hydroxylation is 1. The molecule has 0 radical (unpaired) electrons. The molecular weight excluding hydrogens is 343 g/mol. The lowest BCUT2D eigenvalue weighted by Gasteiger charge is -2.24. The van der Waals surface area contributed by atoms with Gasteiger partial charge >= 0.3 is 0 Å². The van der Waals surface area contributed by atoms with Crippen LogP contribution < -0.4 is 10.6 Å². The SMILES string of the molecule is Cc1ccc(C(C)C)cc1NC(=O)C1=CNC(=O)C[C@@H]1c1ccc(F)cc1. The van der Waals surface area contributed by atoms with Crippen molar-refractivity contribution in [3.8, 4) is 0 Å². The van der Waals surface area contributed by atoms with Crippen LogP contribution in [0.5, 0.6) is 0 Å². The quantitative estimate of drug-likeness (QED) is 0.843. The van der Waals surface area contributed by atoms with Crippen molar-refractivity contribution in [1.82, 2.24) is 5.32 Å². The third-order valence-electron chi connectivity index (χ3n) is 4.86. The molecular formula is C22H23FN2O2. The molecule has 27 heavy (non-hydrogen) atoms. The van der Waals surface area contributed by atoms with Crippen LogP contribution in [0.15, 0.2) is 54.2 Å². The van der Waals surface area contributed by atoms with Gasteiger partial charge in [-0.05, 0) is 47.7 Å². The number of halogens is 1. The Morgan fingerprint density at radius 2 is 1.89 bits per heavy atom. The van der Waals surface area contributed by atoms with Crippen molar-refractivity contribution in [2.24, 2.45) is 0 Å². The Bertz CT molecular complexity index is 901. The van der Waals surface area contributed by atoms with Gasteiger partial charge in [0.1, 0.15) is 5.82 Å². The summed E-state index contributed by atoms with van der Waals surface area (Å²) < 4.78 is 13.2. The number of nitrogens with one attached hydrogen (secondary N) is 2. The smallest absolute Gasteiger partial charge is 0.253 e. The molecule has 0 aliphatic carbocycles. The molecule has 4 nitrogen and oxygen atoms in total. The van der Waals surface area contributed by atoms with E-state index in [0.29, 0.717) is 11.5 Å². The van der Waals surface area contributed by atoms with Crippen LogP contribution in [0.3, 0.4) is 0 Å². The minimum atomic E-state index is -0.409. The van der Waals surface area contributed by atoms with E-state index < -0.39 is 5.92 Å². The van der Waals surface area contributed by atoms with Crippen molar-refractivity contribution in [2.45, 2.75) is 39.0 Å². The van der Waals surface area contributed by atoms with E-state index in [2.05, 4.69) is 30.5 Å². The number of hydrogen-bond donors (Lipinski definition) is 2. The summed E-state index contributed by atoms with van der Waals surface area (Å²) in [5.74, 6) is -0.850. The highest BCUT2D eigenvalue weighted by Crippen LogP contribution is 2.32. The van der Waals surface area contributed by atoms with Gasteiger partial charge in [0.2, 0.25) is 5.91 Å². The first-order valence-electron chi connectivity index (χ1n) is 9.02. The average molecular weight is 366 g/mol. The first-order valence-corrected chi connectivity index (χ1v) is 9.02. The van der Waals surface area contributed by atoms with Crippen LogP contribution >= 0.6 is 0 Å². The van der Waals surface area contributed by atoms with E-state index >= 15 is 0 Å². The fourth-order valence-corrected chi connectivity index (χ4v) is 3.16. The van der Waals surface area contributed by atoms with Crippen LogP contribution in [0, 0.1) is 12.7 Å². The van der Waals surface area contributed by atoms with E-state index in [1.807, 2.05) is 19.1 Å². The molecule has 0 saturated carbocycles. The van der Waals surface area contributed by atoms with Gasteiger partial charge in [-0.25, -0.2) is 4.39 Å². The van der Waals surface area contributed by atoms with Gasteiger partial charge in [-0.2, -0.15) is 0 Å². The van der Waals surface area contributed by atoms with Crippen LogP contribution in [0.25, 0.3) is 0 Å². The van der Waals surface area contributed by atoms with Crippen molar-refractivity contribution in [2.75, 3.05) is 5.32 Å². The van der Waals surface area contributed by atoms with Crippen LogP contribution in [-0.2, 0) is 9.59 Å². The predicted molar refractivity (Wildman–Crippen MR) is 104 cm³/mol. The number of amides is 2. The Labute approximate surface area is 158 Å². The molecule has 5 heteroatoms. The van der Waals surface area contributed by atoms with Gasteiger partial charge in [0.25, 0.3) is 5.91 Å². The molecule has 140 valence electrons. The lowest BCUT2D eigenvalue weighted by Crippen LogP contribution is -2.32. The number of carbonyl (C=O) groups is 2. The van der Waals surface area contributed by atoms with Crippen molar-refractivity contribution in [3.05, 3.63) is 76.7 Å². The van der Waals surface area contributed by atoms with Crippen molar-refractivity contribution in [3.63, 3.8) is 0 Å². The fourth-order valence-electron chi connectivity index (χ4n) is 3.16. The summed E-state index contributed by atoms with van der Waals surface area (Å²) in [5, 5.41) is 5.59. The van der Waals surface area contributed by atoms with E-state index in [1.54, 1.807) is 12.1 Å². The number of carbonyl (C=O) groups excluding carboxylic acids is 2. The molecule has 0 spiro atoms. The van der Waals surface area contributed by atoms with E-state index in [4.69, 9.17) is 0 Å². The molecule has 1 aliphatic rings. The third kappa shape index (κ3) is 4.25. The third-order valence-corrected chi connectivity index (χ3v) is 4.86. The molecule has 2 aromatic carbocycles. The number of hydrogen-bond acceptors (Lipinski definition) is 2. The van der Waals surface area contributed by atoms with Crippen molar-refractivity contribution in [1.29, 1.82) is 0 Å². The average Bonchev–Trinajstić information content (AvgIpc) is 2.63. The molecule has 1 heterocycles. The fraction of sp³-hybridized carbons (Fsp3) is 0.273. The van der Waals surface area contributed by atoms with Crippen molar-refractivity contribution >= 4 is 17.5 Å². The van der Waals surface area contributed by atoms with Gasteiger partial charge in [0.05, 0.1) is 0 Å². The second-order valence-corrected chi connectivity index (χ2v) is 7.16.